The Balaban J connectivity index is 1.61. The van der Waals surface area contributed by atoms with Gasteiger partial charge in [0.15, 0.2) is 9.84 Å². The summed E-state index contributed by atoms with van der Waals surface area (Å²) in [5, 5.41) is 6.63. The largest absolute Gasteiger partial charge is 0.495 e. The number of hydrogen-bond donors (Lipinski definition) is 2. The van der Waals surface area contributed by atoms with Crippen molar-refractivity contribution in [3.63, 3.8) is 0 Å². The van der Waals surface area contributed by atoms with Crippen molar-refractivity contribution < 1.29 is 35.5 Å². The quantitative estimate of drug-likeness (QED) is 0.329. The van der Waals surface area contributed by atoms with Crippen LogP contribution in [0, 0.1) is 11.8 Å². The van der Waals surface area contributed by atoms with Gasteiger partial charge >= 0.3 is 6.18 Å². The molecule has 0 radical (unpaired) electrons. The van der Waals surface area contributed by atoms with Crippen LogP contribution in [0.2, 0.25) is 0 Å². The first-order chi connectivity index (χ1) is 18.0. The van der Waals surface area contributed by atoms with E-state index < -0.39 is 34.8 Å². The van der Waals surface area contributed by atoms with Gasteiger partial charge in [-0.25, -0.2) is 12.8 Å². The summed E-state index contributed by atoms with van der Waals surface area (Å²) in [6, 6.07) is 10.3. The molecule has 2 aromatic carbocycles. The topological polar surface area (TPSA) is 81.6 Å². The predicted molar refractivity (Wildman–Crippen MR) is 137 cm³/mol. The Bertz CT molecular complexity index is 1480. The van der Waals surface area contributed by atoms with Gasteiger partial charge in [0.2, 0.25) is 0 Å². The minimum Gasteiger partial charge on any atom is -0.495 e. The van der Waals surface area contributed by atoms with E-state index in [0.717, 1.165) is 10.8 Å². The van der Waals surface area contributed by atoms with Crippen LogP contribution in [0.25, 0.3) is 10.9 Å². The zero-order chi connectivity index (χ0) is 27.5. The van der Waals surface area contributed by atoms with Crippen LogP contribution in [-0.2, 0) is 21.1 Å². The van der Waals surface area contributed by atoms with Gasteiger partial charge in [-0.1, -0.05) is 12.0 Å². The number of anilines is 2. The number of hydrogen-bond acceptors (Lipinski definition) is 6. The maximum absolute atomic E-state index is 14.3. The van der Waals surface area contributed by atoms with Crippen LogP contribution in [0.1, 0.15) is 12.1 Å². The van der Waals surface area contributed by atoms with E-state index in [1.54, 1.807) is 24.3 Å². The second-order valence-electron chi connectivity index (χ2n) is 8.89. The Morgan fingerprint density at radius 1 is 1.18 bits per heavy atom. The summed E-state index contributed by atoms with van der Waals surface area (Å²) in [6.45, 7) is -0.817. The van der Waals surface area contributed by atoms with Crippen LogP contribution in [0.3, 0.4) is 0 Å². The van der Waals surface area contributed by atoms with Crippen molar-refractivity contribution in [3.05, 3.63) is 48.2 Å². The predicted octanol–water partition coefficient (Wildman–Crippen LogP) is 4.62. The zero-order valence-corrected chi connectivity index (χ0v) is 21.5. The number of nitrogens with zero attached hydrogens (tertiary/aromatic N) is 1. The molecule has 2 atom stereocenters. The molecule has 2 N–H and O–H groups in total. The second kappa shape index (κ2) is 11.1. The maximum Gasteiger partial charge on any atom is 0.406 e. The molecule has 0 spiro atoms. The third kappa shape index (κ3) is 6.52. The van der Waals surface area contributed by atoms with Crippen LogP contribution in [0.4, 0.5) is 28.9 Å². The molecule has 1 fully saturated rings. The summed E-state index contributed by atoms with van der Waals surface area (Å²) in [6.07, 6.45) is -4.19. The lowest BCUT2D eigenvalue weighted by Gasteiger charge is -2.28. The number of aromatic nitrogens is 1. The molecular weight excluding hydrogens is 526 g/mol. The third-order valence-corrected chi connectivity index (χ3v) is 7.21. The molecule has 3 aromatic rings. The summed E-state index contributed by atoms with van der Waals surface area (Å²) >= 11 is 0. The van der Waals surface area contributed by atoms with E-state index in [9.17, 15) is 26.0 Å². The highest BCUT2D eigenvalue weighted by molar-refractivity contribution is 7.90. The number of rotatable bonds is 7. The molecule has 1 saturated heterocycles. The minimum atomic E-state index is -4.48. The molecule has 1 aromatic heterocycles. The standard InChI is InChI=1S/C26H27F4N3O4S/c1-36-25-14-18(38(2,34)35)8-9-23(25)31-11-4-5-17-13-19-21(32-22-10-12-37-15-20(22)27)6-3-7-24(19)33(17)16-26(28,29)30/h3,6-9,13-14,20,22,31-32H,10-12,15-16H2,1-2H3/t20-,22+/m0/s1. The van der Waals surface area contributed by atoms with Crippen molar-refractivity contribution >= 4 is 32.1 Å². The lowest BCUT2D eigenvalue weighted by Crippen LogP contribution is -2.39. The van der Waals surface area contributed by atoms with Gasteiger partial charge in [0.05, 0.1) is 48.1 Å². The number of ether oxygens (including phenoxy) is 2. The fourth-order valence-electron chi connectivity index (χ4n) is 4.25. The Kier molecular flexibility index (Phi) is 8.08. The number of fused-ring (bicyclic) bond motifs is 1. The number of nitrogens with one attached hydrogen (secondary N) is 2. The SMILES string of the molecule is COc1cc(S(C)(=O)=O)ccc1NCC#Cc1cc2c(N[C@@H]3CCOC[C@@H]3F)cccc2n1CC(F)(F)F. The van der Waals surface area contributed by atoms with Crippen LogP contribution < -0.4 is 15.4 Å². The first kappa shape index (κ1) is 27.6. The Morgan fingerprint density at radius 3 is 2.66 bits per heavy atom. The molecule has 0 aliphatic carbocycles. The summed E-state index contributed by atoms with van der Waals surface area (Å²) in [4.78, 5) is 0.0897. The Morgan fingerprint density at radius 2 is 1.97 bits per heavy atom. The molecule has 2 heterocycles. The molecule has 12 heteroatoms. The zero-order valence-electron chi connectivity index (χ0n) is 20.7. The van der Waals surface area contributed by atoms with E-state index in [1.165, 1.54) is 25.3 Å². The van der Waals surface area contributed by atoms with Gasteiger partial charge in [-0.05, 0) is 42.7 Å². The Hall–Kier alpha value is -3.43. The summed E-state index contributed by atoms with van der Waals surface area (Å²) in [5.41, 5.74) is 1.48. The number of benzene rings is 2. The van der Waals surface area contributed by atoms with Gasteiger partial charge in [0.1, 0.15) is 18.5 Å². The van der Waals surface area contributed by atoms with Crippen molar-refractivity contribution in [2.24, 2.45) is 0 Å². The van der Waals surface area contributed by atoms with Crippen molar-refractivity contribution in [2.75, 3.05) is 43.8 Å². The Labute approximate surface area is 218 Å². The molecule has 1 aliphatic rings. The summed E-state index contributed by atoms with van der Waals surface area (Å²) in [5.74, 6) is 5.91. The van der Waals surface area contributed by atoms with Crippen molar-refractivity contribution in [2.45, 2.75) is 36.3 Å². The van der Waals surface area contributed by atoms with Crippen LogP contribution >= 0.6 is 0 Å². The molecule has 4 rings (SSSR count). The van der Waals surface area contributed by atoms with Gasteiger partial charge in [-0.2, -0.15) is 13.2 Å². The number of sulfone groups is 1. The van der Waals surface area contributed by atoms with Gasteiger partial charge < -0.3 is 24.7 Å². The number of halogens is 4. The first-order valence-corrected chi connectivity index (χ1v) is 13.6. The molecule has 0 unspecified atom stereocenters. The lowest BCUT2D eigenvalue weighted by atomic mass is 10.1. The molecule has 0 bridgehead atoms. The van der Waals surface area contributed by atoms with E-state index >= 15 is 0 Å². The van der Waals surface area contributed by atoms with Gasteiger partial charge in [0.25, 0.3) is 0 Å². The van der Waals surface area contributed by atoms with Crippen LogP contribution in [0.5, 0.6) is 5.75 Å². The molecular formula is C26H27F4N3O4S. The average molecular weight is 554 g/mol. The molecule has 38 heavy (non-hydrogen) atoms. The van der Waals surface area contributed by atoms with Crippen molar-refractivity contribution in [1.82, 2.24) is 4.57 Å². The molecule has 1 aliphatic heterocycles. The highest BCUT2D eigenvalue weighted by Gasteiger charge is 2.30. The van der Waals surface area contributed by atoms with Crippen LogP contribution in [0.15, 0.2) is 47.4 Å². The molecule has 0 saturated carbocycles. The van der Waals surface area contributed by atoms with E-state index in [2.05, 4.69) is 22.5 Å². The summed E-state index contributed by atoms with van der Waals surface area (Å²) in [7, 11) is -2.03. The maximum atomic E-state index is 14.3. The fraction of sp³-hybridized carbons (Fsp3) is 0.385. The van der Waals surface area contributed by atoms with Crippen molar-refractivity contribution in [1.29, 1.82) is 0 Å². The molecule has 0 amide bonds. The first-order valence-electron chi connectivity index (χ1n) is 11.7. The van der Waals surface area contributed by atoms with Gasteiger partial charge in [-0.15, -0.1) is 0 Å². The second-order valence-corrected chi connectivity index (χ2v) is 10.9. The smallest absolute Gasteiger partial charge is 0.406 e. The minimum absolute atomic E-state index is 0.0335. The van der Waals surface area contributed by atoms with Crippen molar-refractivity contribution in [3.8, 4) is 17.6 Å². The normalized spacial score (nSPS) is 18.1. The number of methoxy groups -OCH3 is 1. The number of alkyl halides is 4. The van der Waals surface area contributed by atoms with Gasteiger partial charge in [0, 0.05) is 30.0 Å². The molecule has 7 nitrogen and oxygen atoms in total. The highest BCUT2D eigenvalue weighted by Crippen LogP contribution is 2.32. The van der Waals surface area contributed by atoms with E-state index in [-0.39, 0.29) is 29.5 Å². The van der Waals surface area contributed by atoms with Crippen LogP contribution in [-0.4, -0.2) is 64.5 Å². The molecule has 204 valence electrons. The lowest BCUT2D eigenvalue weighted by molar-refractivity contribution is -0.140. The fourth-order valence-corrected chi connectivity index (χ4v) is 4.89. The monoisotopic (exact) mass is 553 g/mol. The summed E-state index contributed by atoms with van der Waals surface area (Å²) < 4.78 is 89.7. The van der Waals surface area contributed by atoms with E-state index in [4.69, 9.17) is 9.47 Å². The van der Waals surface area contributed by atoms with E-state index in [0.29, 0.717) is 35.3 Å². The van der Waals surface area contributed by atoms with Gasteiger partial charge in [-0.3, -0.25) is 0 Å². The highest BCUT2D eigenvalue weighted by atomic mass is 32.2. The average Bonchev–Trinajstić information content (AvgIpc) is 3.19. The van der Waals surface area contributed by atoms with E-state index in [1.807, 2.05) is 0 Å². The third-order valence-electron chi connectivity index (χ3n) is 6.10.